The predicted octanol–water partition coefficient (Wildman–Crippen LogP) is 3.04. The van der Waals surface area contributed by atoms with Gasteiger partial charge in [-0.2, -0.15) is 11.8 Å². The molecule has 5 heteroatoms. The van der Waals surface area contributed by atoms with Crippen molar-refractivity contribution in [3.8, 4) is 5.75 Å². The van der Waals surface area contributed by atoms with E-state index in [-0.39, 0.29) is 0 Å². The summed E-state index contributed by atoms with van der Waals surface area (Å²) in [6, 6.07) is 8.23. The molecule has 2 N–H and O–H groups in total. The van der Waals surface area contributed by atoms with E-state index in [1.807, 2.05) is 23.9 Å². The molecular formula is C17H27N3OS. The van der Waals surface area contributed by atoms with Gasteiger partial charge in [-0.3, -0.25) is 0 Å². The van der Waals surface area contributed by atoms with Crippen LogP contribution in [-0.2, 0) is 6.54 Å². The molecule has 1 fully saturated rings. The predicted molar refractivity (Wildman–Crippen MR) is 95.9 cm³/mol. The van der Waals surface area contributed by atoms with Gasteiger partial charge in [0, 0.05) is 24.4 Å². The number of para-hydroxylation sites is 1. The zero-order valence-electron chi connectivity index (χ0n) is 13.6. The second-order valence-electron chi connectivity index (χ2n) is 5.39. The van der Waals surface area contributed by atoms with Crippen LogP contribution in [0.15, 0.2) is 29.3 Å². The number of rotatable bonds is 8. The van der Waals surface area contributed by atoms with Gasteiger partial charge in [0.1, 0.15) is 5.75 Å². The minimum atomic E-state index is 0.401. The maximum absolute atomic E-state index is 6.06. The molecule has 0 atom stereocenters. The van der Waals surface area contributed by atoms with E-state index in [2.05, 4.69) is 40.9 Å². The highest BCUT2D eigenvalue weighted by molar-refractivity contribution is 7.98. The van der Waals surface area contributed by atoms with Crippen molar-refractivity contribution in [2.45, 2.75) is 38.8 Å². The zero-order valence-corrected chi connectivity index (χ0v) is 14.4. The smallest absolute Gasteiger partial charge is 0.191 e. The number of benzene rings is 1. The van der Waals surface area contributed by atoms with Crippen LogP contribution >= 0.6 is 11.8 Å². The van der Waals surface area contributed by atoms with Gasteiger partial charge >= 0.3 is 0 Å². The summed E-state index contributed by atoms with van der Waals surface area (Å²) in [5.74, 6) is 2.93. The molecule has 1 saturated carbocycles. The third-order valence-corrected chi connectivity index (χ3v) is 4.28. The Hall–Kier alpha value is -1.36. The molecule has 0 aliphatic heterocycles. The molecule has 4 nitrogen and oxygen atoms in total. The van der Waals surface area contributed by atoms with Gasteiger partial charge in [-0.05, 0) is 38.5 Å². The van der Waals surface area contributed by atoms with Crippen molar-refractivity contribution in [3.63, 3.8) is 0 Å². The second kappa shape index (κ2) is 9.62. The number of aliphatic imine (C=N–C) groups is 1. The van der Waals surface area contributed by atoms with Gasteiger partial charge in [0.25, 0.3) is 0 Å². The lowest BCUT2D eigenvalue weighted by atomic mass is 9.96. The van der Waals surface area contributed by atoms with Crippen LogP contribution in [0.2, 0.25) is 0 Å². The van der Waals surface area contributed by atoms with Crippen LogP contribution in [0.3, 0.4) is 0 Å². The number of hydrogen-bond donors (Lipinski definition) is 2. The Labute approximate surface area is 138 Å². The van der Waals surface area contributed by atoms with Gasteiger partial charge in [-0.1, -0.05) is 18.2 Å². The summed E-state index contributed by atoms with van der Waals surface area (Å²) in [7, 11) is 0. The van der Waals surface area contributed by atoms with Crippen LogP contribution in [0.5, 0.6) is 5.75 Å². The Morgan fingerprint density at radius 1 is 1.32 bits per heavy atom. The fraction of sp³-hybridized carbons (Fsp3) is 0.588. The number of thioether (sulfide) groups is 1. The second-order valence-corrected chi connectivity index (χ2v) is 6.38. The van der Waals surface area contributed by atoms with E-state index in [4.69, 9.17) is 4.74 Å². The summed E-state index contributed by atoms with van der Waals surface area (Å²) in [5, 5.41) is 6.63. The topological polar surface area (TPSA) is 45.7 Å². The summed E-state index contributed by atoms with van der Waals surface area (Å²) in [6.07, 6.45) is 6.15. The van der Waals surface area contributed by atoms with Gasteiger partial charge < -0.3 is 15.4 Å². The molecule has 0 spiro atoms. The van der Waals surface area contributed by atoms with Crippen LogP contribution in [0.25, 0.3) is 0 Å². The average Bonchev–Trinajstić information content (AvgIpc) is 2.49. The Morgan fingerprint density at radius 3 is 2.82 bits per heavy atom. The summed E-state index contributed by atoms with van der Waals surface area (Å²) in [4.78, 5) is 4.67. The molecule has 0 heterocycles. The van der Waals surface area contributed by atoms with Crippen molar-refractivity contribution in [1.82, 2.24) is 10.6 Å². The van der Waals surface area contributed by atoms with Crippen LogP contribution < -0.4 is 15.4 Å². The van der Waals surface area contributed by atoms with Gasteiger partial charge in [-0.25, -0.2) is 4.99 Å². The molecule has 0 bridgehead atoms. The molecule has 0 saturated heterocycles. The minimum absolute atomic E-state index is 0.401. The van der Waals surface area contributed by atoms with Gasteiger partial charge in [0.15, 0.2) is 5.96 Å². The van der Waals surface area contributed by atoms with Crippen molar-refractivity contribution >= 4 is 17.7 Å². The highest BCUT2D eigenvalue weighted by Gasteiger charge is 2.20. The Morgan fingerprint density at radius 2 is 2.14 bits per heavy atom. The Bertz CT molecular complexity index is 475. The SMILES string of the molecule is CCNC(=NCc1ccccc1OC1CCC1)NCCSC. The molecule has 0 radical (unpaired) electrons. The molecule has 1 aromatic carbocycles. The first-order valence-corrected chi connectivity index (χ1v) is 9.48. The van der Waals surface area contributed by atoms with E-state index in [0.29, 0.717) is 12.6 Å². The van der Waals surface area contributed by atoms with Crippen molar-refractivity contribution in [2.75, 3.05) is 25.1 Å². The molecule has 1 aromatic rings. The lowest BCUT2D eigenvalue weighted by molar-refractivity contribution is 0.119. The van der Waals surface area contributed by atoms with Crippen LogP contribution in [0.4, 0.5) is 0 Å². The fourth-order valence-electron chi connectivity index (χ4n) is 2.20. The number of ether oxygens (including phenoxy) is 1. The van der Waals surface area contributed by atoms with E-state index in [1.54, 1.807) is 0 Å². The zero-order chi connectivity index (χ0) is 15.6. The van der Waals surface area contributed by atoms with E-state index in [9.17, 15) is 0 Å². The number of hydrogen-bond acceptors (Lipinski definition) is 3. The Kier molecular flexibility index (Phi) is 7.43. The monoisotopic (exact) mass is 321 g/mol. The van der Waals surface area contributed by atoms with Crippen molar-refractivity contribution in [2.24, 2.45) is 4.99 Å². The first-order chi connectivity index (χ1) is 10.8. The number of nitrogens with one attached hydrogen (secondary N) is 2. The van der Waals surface area contributed by atoms with E-state index in [0.717, 1.165) is 36.1 Å². The summed E-state index contributed by atoms with van der Waals surface area (Å²) in [5.41, 5.74) is 1.15. The van der Waals surface area contributed by atoms with Crippen molar-refractivity contribution < 1.29 is 4.74 Å². The van der Waals surface area contributed by atoms with Gasteiger partial charge in [0.2, 0.25) is 0 Å². The Balaban J connectivity index is 1.95. The summed E-state index contributed by atoms with van der Waals surface area (Å²) >= 11 is 1.83. The highest BCUT2D eigenvalue weighted by Crippen LogP contribution is 2.27. The molecule has 122 valence electrons. The first kappa shape index (κ1) is 17.0. The molecule has 0 amide bonds. The lowest BCUT2D eigenvalue weighted by Gasteiger charge is -2.27. The molecule has 1 aliphatic rings. The third-order valence-electron chi connectivity index (χ3n) is 3.67. The van der Waals surface area contributed by atoms with Gasteiger partial charge in [0.05, 0.1) is 12.6 Å². The third kappa shape index (κ3) is 5.44. The summed E-state index contributed by atoms with van der Waals surface area (Å²) < 4.78 is 6.06. The summed E-state index contributed by atoms with van der Waals surface area (Å²) in [6.45, 7) is 4.51. The normalized spacial score (nSPS) is 15.3. The highest BCUT2D eigenvalue weighted by atomic mass is 32.2. The first-order valence-electron chi connectivity index (χ1n) is 8.09. The molecule has 1 aliphatic carbocycles. The van der Waals surface area contributed by atoms with Crippen molar-refractivity contribution in [3.05, 3.63) is 29.8 Å². The largest absolute Gasteiger partial charge is 0.490 e. The molecule has 0 unspecified atom stereocenters. The van der Waals surface area contributed by atoms with E-state index in [1.165, 1.54) is 19.3 Å². The lowest BCUT2D eigenvalue weighted by Crippen LogP contribution is -2.38. The number of nitrogens with zero attached hydrogens (tertiary/aromatic N) is 1. The maximum atomic E-state index is 6.06. The maximum Gasteiger partial charge on any atom is 0.191 e. The average molecular weight is 321 g/mol. The minimum Gasteiger partial charge on any atom is -0.490 e. The van der Waals surface area contributed by atoms with E-state index < -0.39 is 0 Å². The van der Waals surface area contributed by atoms with Crippen LogP contribution in [-0.4, -0.2) is 37.2 Å². The van der Waals surface area contributed by atoms with Crippen molar-refractivity contribution in [1.29, 1.82) is 0 Å². The molecule has 0 aromatic heterocycles. The van der Waals surface area contributed by atoms with Gasteiger partial charge in [-0.15, -0.1) is 0 Å². The quantitative estimate of drug-likeness (QED) is 0.439. The molecule has 22 heavy (non-hydrogen) atoms. The standard InChI is InChI=1S/C17H27N3OS/c1-3-18-17(19-11-12-22-2)20-13-14-7-4-5-10-16(14)21-15-8-6-9-15/h4-5,7,10,15H,3,6,8-9,11-13H2,1-2H3,(H2,18,19,20). The fourth-order valence-corrected chi connectivity index (χ4v) is 2.50. The molecule has 2 rings (SSSR count). The molecular weight excluding hydrogens is 294 g/mol. The van der Waals surface area contributed by atoms with E-state index >= 15 is 0 Å². The van der Waals surface area contributed by atoms with Crippen LogP contribution in [0.1, 0.15) is 31.7 Å². The van der Waals surface area contributed by atoms with Crippen LogP contribution in [0, 0.1) is 0 Å². The number of guanidine groups is 1.